The van der Waals surface area contributed by atoms with E-state index in [1.807, 2.05) is 17.9 Å². The predicted molar refractivity (Wildman–Crippen MR) is 74.9 cm³/mol. The van der Waals surface area contributed by atoms with Gasteiger partial charge in [-0.05, 0) is 26.5 Å². The second kappa shape index (κ2) is 5.63. The van der Waals surface area contributed by atoms with Crippen molar-refractivity contribution in [2.45, 2.75) is 33.2 Å². The highest BCUT2D eigenvalue weighted by Gasteiger charge is 2.16. The standard InChI is InChI=1S/C13H20N4S/c1-5-14-11(12-6-7-15-17(12)4)8-13-16-9(2)10(3)18-13/h6-7,11,14H,5,8H2,1-4H3. The summed E-state index contributed by atoms with van der Waals surface area (Å²) < 4.78 is 1.93. The van der Waals surface area contributed by atoms with Gasteiger partial charge in [0.1, 0.15) is 0 Å². The Morgan fingerprint density at radius 3 is 2.72 bits per heavy atom. The summed E-state index contributed by atoms with van der Waals surface area (Å²) >= 11 is 1.79. The molecule has 2 aromatic rings. The maximum atomic E-state index is 4.62. The molecule has 0 saturated heterocycles. The van der Waals surface area contributed by atoms with Crippen molar-refractivity contribution in [2.24, 2.45) is 7.05 Å². The van der Waals surface area contributed by atoms with E-state index in [0.29, 0.717) is 0 Å². The molecule has 0 aliphatic carbocycles. The highest BCUT2D eigenvalue weighted by atomic mass is 32.1. The van der Waals surface area contributed by atoms with Gasteiger partial charge in [0.05, 0.1) is 22.4 Å². The first kappa shape index (κ1) is 13.2. The first-order chi connectivity index (χ1) is 8.61. The van der Waals surface area contributed by atoms with Gasteiger partial charge in [-0.1, -0.05) is 6.92 Å². The summed E-state index contributed by atoms with van der Waals surface area (Å²) in [4.78, 5) is 5.93. The van der Waals surface area contributed by atoms with Gasteiger partial charge in [-0.15, -0.1) is 11.3 Å². The Bertz CT molecular complexity index is 495. The van der Waals surface area contributed by atoms with Crippen LogP contribution in [0.4, 0.5) is 0 Å². The van der Waals surface area contributed by atoms with E-state index >= 15 is 0 Å². The molecule has 4 nitrogen and oxygen atoms in total. The van der Waals surface area contributed by atoms with Gasteiger partial charge in [-0.25, -0.2) is 4.98 Å². The van der Waals surface area contributed by atoms with Crippen LogP contribution in [0.25, 0.3) is 0 Å². The van der Waals surface area contributed by atoms with Crippen LogP contribution >= 0.6 is 11.3 Å². The van der Waals surface area contributed by atoms with Gasteiger partial charge < -0.3 is 5.32 Å². The maximum absolute atomic E-state index is 4.62. The lowest BCUT2D eigenvalue weighted by Crippen LogP contribution is -2.25. The molecule has 0 spiro atoms. The zero-order chi connectivity index (χ0) is 13.1. The van der Waals surface area contributed by atoms with Crippen LogP contribution in [0.2, 0.25) is 0 Å². The predicted octanol–water partition coefficient (Wildman–Crippen LogP) is 2.39. The number of aromatic nitrogens is 3. The lowest BCUT2D eigenvalue weighted by molar-refractivity contribution is 0.507. The quantitative estimate of drug-likeness (QED) is 0.901. The molecule has 0 aliphatic heterocycles. The molecule has 1 atom stereocenters. The fourth-order valence-corrected chi connectivity index (χ4v) is 3.03. The van der Waals surface area contributed by atoms with Crippen molar-refractivity contribution in [1.82, 2.24) is 20.1 Å². The summed E-state index contributed by atoms with van der Waals surface area (Å²) in [6.45, 7) is 7.27. The Balaban J connectivity index is 2.19. The molecule has 1 N–H and O–H groups in total. The normalized spacial score (nSPS) is 12.9. The molecule has 1 unspecified atom stereocenters. The van der Waals surface area contributed by atoms with E-state index < -0.39 is 0 Å². The van der Waals surface area contributed by atoms with Crippen LogP contribution in [-0.4, -0.2) is 21.3 Å². The topological polar surface area (TPSA) is 42.7 Å². The average Bonchev–Trinajstić information content (AvgIpc) is 2.86. The van der Waals surface area contributed by atoms with Crippen LogP contribution in [0.1, 0.15) is 34.2 Å². The Labute approximate surface area is 112 Å². The number of nitrogens with zero attached hydrogens (tertiary/aromatic N) is 3. The van der Waals surface area contributed by atoms with E-state index in [1.165, 1.54) is 15.6 Å². The highest BCUT2D eigenvalue weighted by molar-refractivity contribution is 7.11. The van der Waals surface area contributed by atoms with Crippen molar-refractivity contribution < 1.29 is 0 Å². The molecule has 0 aliphatic rings. The van der Waals surface area contributed by atoms with Gasteiger partial charge in [0.15, 0.2) is 0 Å². The molecule has 2 aromatic heterocycles. The summed E-state index contributed by atoms with van der Waals surface area (Å²) in [6.07, 6.45) is 2.77. The SMILES string of the molecule is CCNC(Cc1nc(C)c(C)s1)c1ccnn1C. The zero-order valence-corrected chi connectivity index (χ0v) is 12.2. The smallest absolute Gasteiger partial charge is 0.0950 e. The second-order valence-corrected chi connectivity index (χ2v) is 5.73. The number of hydrogen-bond acceptors (Lipinski definition) is 4. The summed E-state index contributed by atoms with van der Waals surface area (Å²) in [5, 5.41) is 8.94. The molecule has 0 saturated carbocycles. The monoisotopic (exact) mass is 264 g/mol. The van der Waals surface area contributed by atoms with Crippen LogP contribution in [-0.2, 0) is 13.5 Å². The lowest BCUT2D eigenvalue weighted by atomic mass is 10.1. The molecular formula is C13H20N4S. The van der Waals surface area contributed by atoms with Crippen molar-refractivity contribution in [2.75, 3.05) is 6.54 Å². The molecule has 2 heterocycles. The van der Waals surface area contributed by atoms with Crippen molar-refractivity contribution in [1.29, 1.82) is 0 Å². The van der Waals surface area contributed by atoms with Crippen molar-refractivity contribution in [3.05, 3.63) is 33.5 Å². The summed E-state index contributed by atoms with van der Waals surface area (Å²) in [7, 11) is 1.98. The van der Waals surface area contributed by atoms with Crippen molar-refractivity contribution in [3.8, 4) is 0 Å². The average molecular weight is 264 g/mol. The first-order valence-electron chi connectivity index (χ1n) is 6.26. The third-order valence-corrected chi connectivity index (χ3v) is 4.21. The number of rotatable bonds is 5. The number of nitrogens with one attached hydrogen (secondary N) is 1. The Morgan fingerprint density at radius 2 is 2.22 bits per heavy atom. The Hall–Kier alpha value is -1.20. The van der Waals surface area contributed by atoms with Crippen molar-refractivity contribution in [3.63, 3.8) is 0 Å². The number of thiazole rings is 1. The minimum Gasteiger partial charge on any atom is -0.309 e. The number of likely N-dealkylation sites (N-methyl/N-ethyl adjacent to an activating group) is 1. The zero-order valence-electron chi connectivity index (χ0n) is 11.4. The second-order valence-electron chi connectivity index (χ2n) is 4.44. The molecule has 0 bridgehead atoms. The van der Waals surface area contributed by atoms with E-state index in [4.69, 9.17) is 0 Å². The van der Waals surface area contributed by atoms with E-state index in [2.05, 4.69) is 42.2 Å². The van der Waals surface area contributed by atoms with E-state index in [9.17, 15) is 0 Å². The fourth-order valence-electron chi connectivity index (χ4n) is 2.05. The van der Waals surface area contributed by atoms with Gasteiger partial charge in [0.2, 0.25) is 0 Å². The van der Waals surface area contributed by atoms with Crippen LogP contribution in [0.15, 0.2) is 12.3 Å². The number of aryl methyl sites for hydroxylation is 3. The van der Waals surface area contributed by atoms with E-state index in [1.54, 1.807) is 11.3 Å². The largest absolute Gasteiger partial charge is 0.309 e. The first-order valence-corrected chi connectivity index (χ1v) is 7.07. The van der Waals surface area contributed by atoms with Crippen LogP contribution in [0.3, 0.4) is 0 Å². The minimum atomic E-state index is 0.285. The van der Waals surface area contributed by atoms with Gasteiger partial charge >= 0.3 is 0 Å². The van der Waals surface area contributed by atoms with Gasteiger partial charge in [-0.3, -0.25) is 4.68 Å². The maximum Gasteiger partial charge on any atom is 0.0950 e. The molecule has 0 amide bonds. The van der Waals surface area contributed by atoms with Gasteiger partial charge in [0, 0.05) is 24.5 Å². The Morgan fingerprint density at radius 1 is 1.44 bits per heavy atom. The third kappa shape index (κ3) is 2.79. The molecular weight excluding hydrogens is 244 g/mol. The van der Waals surface area contributed by atoms with Gasteiger partial charge in [0.25, 0.3) is 0 Å². The Kier molecular flexibility index (Phi) is 4.14. The van der Waals surface area contributed by atoms with Crippen LogP contribution in [0, 0.1) is 13.8 Å². The van der Waals surface area contributed by atoms with Gasteiger partial charge in [-0.2, -0.15) is 5.10 Å². The summed E-state index contributed by atoms with van der Waals surface area (Å²) in [5.74, 6) is 0. The number of hydrogen-bond donors (Lipinski definition) is 1. The molecule has 0 fully saturated rings. The molecule has 0 radical (unpaired) electrons. The van der Waals surface area contributed by atoms with E-state index in [0.717, 1.165) is 18.7 Å². The molecule has 5 heteroatoms. The summed E-state index contributed by atoms with van der Waals surface area (Å²) in [5.41, 5.74) is 2.36. The highest BCUT2D eigenvalue weighted by Crippen LogP contribution is 2.23. The van der Waals surface area contributed by atoms with Crippen LogP contribution in [0.5, 0.6) is 0 Å². The summed E-state index contributed by atoms with van der Waals surface area (Å²) in [6, 6.07) is 2.35. The van der Waals surface area contributed by atoms with E-state index in [-0.39, 0.29) is 6.04 Å². The third-order valence-electron chi connectivity index (χ3n) is 3.12. The molecule has 18 heavy (non-hydrogen) atoms. The molecule has 0 aromatic carbocycles. The molecule has 98 valence electrons. The van der Waals surface area contributed by atoms with Crippen LogP contribution < -0.4 is 5.32 Å². The fraction of sp³-hybridized carbons (Fsp3) is 0.538. The van der Waals surface area contributed by atoms with Crippen molar-refractivity contribution >= 4 is 11.3 Å². The lowest BCUT2D eigenvalue weighted by Gasteiger charge is -2.16. The molecule has 2 rings (SSSR count). The minimum absolute atomic E-state index is 0.285.